The van der Waals surface area contributed by atoms with Crippen LogP contribution in [0.3, 0.4) is 0 Å². The first-order valence-corrected chi connectivity index (χ1v) is 3.62. The van der Waals surface area contributed by atoms with Gasteiger partial charge in [0.25, 0.3) is 0 Å². The highest BCUT2D eigenvalue weighted by molar-refractivity contribution is 5.74. The molecule has 0 radical (unpaired) electrons. The second-order valence-corrected chi connectivity index (χ2v) is 2.92. The number of hydrogen-bond donors (Lipinski definition) is 1. The van der Waals surface area contributed by atoms with Crippen LogP contribution in [-0.2, 0) is 9.53 Å². The summed E-state index contributed by atoms with van der Waals surface area (Å²) in [6.45, 7) is 0. The number of ether oxygens (including phenoxy) is 1. The molecule has 1 atom stereocenters. The SMILES string of the molecule is COC(=O)C(F)C1CC(N)C1. The zero-order chi connectivity index (χ0) is 8.43. The second kappa shape index (κ2) is 3.17. The molecule has 0 bridgehead atoms. The Morgan fingerprint density at radius 2 is 2.27 bits per heavy atom. The van der Waals surface area contributed by atoms with E-state index in [2.05, 4.69) is 4.74 Å². The number of nitrogens with two attached hydrogens (primary N) is 1. The largest absolute Gasteiger partial charge is 0.467 e. The number of hydrogen-bond acceptors (Lipinski definition) is 3. The van der Waals surface area contributed by atoms with Gasteiger partial charge < -0.3 is 10.5 Å². The first-order valence-electron chi connectivity index (χ1n) is 3.62. The normalized spacial score (nSPS) is 32.3. The van der Waals surface area contributed by atoms with E-state index < -0.39 is 12.1 Å². The van der Waals surface area contributed by atoms with Crippen LogP contribution in [-0.4, -0.2) is 25.3 Å². The van der Waals surface area contributed by atoms with Crippen molar-refractivity contribution in [3.8, 4) is 0 Å². The van der Waals surface area contributed by atoms with E-state index in [1.165, 1.54) is 7.11 Å². The van der Waals surface area contributed by atoms with Gasteiger partial charge in [0, 0.05) is 12.0 Å². The number of carbonyl (C=O) groups excluding carboxylic acids is 1. The molecule has 0 aromatic carbocycles. The van der Waals surface area contributed by atoms with Crippen LogP contribution in [0.15, 0.2) is 0 Å². The van der Waals surface area contributed by atoms with Crippen LogP contribution in [0.5, 0.6) is 0 Å². The Hall–Kier alpha value is -0.640. The minimum Gasteiger partial charge on any atom is -0.467 e. The van der Waals surface area contributed by atoms with Crippen LogP contribution in [0.25, 0.3) is 0 Å². The van der Waals surface area contributed by atoms with Crippen molar-refractivity contribution in [1.29, 1.82) is 0 Å². The fourth-order valence-corrected chi connectivity index (χ4v) is 1.25. The summed E-state index contributed by atoms with van der Waals surface area (Å²) in [4.78, 5) is 10.6. The Bertz CT molecular complexity index is 157. The molecule has 64 valence electrons. The van der Waals surface area contributed by atoms with Gasteiger partial charge in [-0.2, -0.15) is 0 Å². The van der Waals surface area contributed by atoms with Gasteiger partial charge >= 0.3 is 5.97 Å². The van der Waals surface area contributed by atoms with Gasteiger partial charge in [-0.05, 0) is 12.8 Å². The highest BCUT2D eigenvalue weighted by atomic mass is 19.1. The minimum atomic E-state index is -1.47. The third kappa shape index (κ3) is 1.68. The Morgan fingerprint density at radius 1 is 1.73 bits per heavy atom. The molecule has 1 unspecified atom stereocenters. The standard InChI is InChI=1S/C7H12FNO2/c1-11-7(10)6(8)4-2-5(9)3-4/h4-6H,2-3,9H2,1H3. The summed E-state index contributed by atoms with van der Waals surface area (Å²) in [5.74, 6) is -0.987. The molecule has 11 heavy (non-hydrogen) atoms. The van der Waals surface area contributed by atoms with E-state index in [9.17, 15) is 9.18 Å². The summed E-state index contributed by atoms with van der Waals surface area (Å²) >= 11 is 0. The second-order valence-electron chi connectivity index (χ2n) is 2.92. The minimum absolute atomic E-state index is 0.0721. The van der Waals surface area contributed by atoms with Crippen molar-refractivity contribution in [2.45, 2.75) is 25.1 Å². The Labute approximate surface area is 64.7 Å². The molecule has 4 heteroatoms. The van der Waals surface area contributed by atoms with Crippen molar-refractivity contribution in [2.75, 3.05) is 7.11 Å². The highest BCUT2D eigenvalue weighted by Crippen LogP contribution is 2.30. The number of esters is 1. The summed E-state index contributed by atoms with van der Waals surface area (Å²) in [6, 6.07) is 0.0721. The number of carbonyl (C=O) groups is 1. The molecule has 1 aliphatic carbocycles. The van der Waals surface area contributed by atoms with E-state index in [-0.39, 0.29) is 12.0 Å². The van der Waals surface area contributed by atoms with E-state index >= 15 is 0 Å². The fraction of sp³-hybridized carbons (Fsp3) is 0.857. The van der Waals surface area contributed by atoms with Crippen LogP contribution in [0.2, 0.25) is 0 Å². The first kappa shape index (κ1) is 8.46. The van der Waals surface area contributed by atoms with Crippen LogP contribution >= 0.6 is 0 Å². The van der Waals surface area contributed by atoms with Crippen molar-refractivity contribution in [2.24, 2.45) is 11.7 Å². The summed E-state index contributed by atoms with van der Waals surface area (Å²) < 4.78 is 17.1. The quantitative estimate of drug-likeness (QED) is 0.590. The predicted molar refractivity (Wildman–Crippen MR) is 37.6 cm³/mol. The van der Waals surface area contributed by atoms with E-state index in [4.69, 9.17) is 5.73 Å². The third-order valence-corrected chi connectivity index (χ3v) is 2.05. The van der Waals surface area contributed by atoms with Gasteiger partial charge in [-0.3, -0.25) is 0 Å². The molecule has 1 aliphatic rings. The van der Waals surface area contributed by atoms with Crippen molar-refractivity contribution >= 4 is 5.97 Å². The van der Waals surface area contributed by atoms with Gasteiger partial charge in [0.2, 0.25) is 0 Å². The topological polar surface area (TPSA) is 52.3 Å². The van der Waals surface area contributed by atoms with E-state index in [0.717, 1.165) is 0 Å². The number of halogens is 1. The molecule has 1 fully saturated rings. The van der Waals surface area contributed by atoms with Crippen molar-refractivity contribution in [3.05, 3.63) is 0 Å². The molecule has 2 N–H and O–H groups in total. The Balaban J connectivity index is 2.31. The van der Waals surface area contributed by atoms with Gasteiger partial charge in [0.15, 0.2) is 6.17 Å². The molecule has 1 saturated carbocycles. The lowest BCUT2D eigenvalue weighted by Crippen LogP contribution is -2.43. The maximum atomic E-state index is 12.9. The van der Waals surface area contributed by atoms with Crippen molar-refractivity contribution in [1.82, 2.24) is 0 Å². The molecule has 0 saturated heterocycles. The molecule has 0 spiro atoms. The summed E-state index contributed by atoms with van der Waals surface area (Å²) in [5.41, 5.74) is 5.43. The Morgan fingerprint density at radius 3 is 2.64 bits per heavy atom. The van der Waals surface area contributed by atoms with Gasteiger partial charge in [0.05, 0.1) is 7.11 Å². The summed E-state index contributed by atoms with van der Waals surface area (Å²) in [6.07, 6.45) is -0.285. The maximum absolute atomic E-state index is 12.9. The lowest BCUT2D eigenvalue weighted by Gasteiger charge is -2.33. The smallest absolute Gasteiger partial charge is 0.340 e. The maximum Gasteiger partial charge on any atom is 0.340 e. The van der Waals surface area contributed by atoms with Crippen LogP contribution in [0, 0.1) is 5.92 Å². The molecular formula is C7H12FNO2. The van der Waals surface area contributed by atoms with Gasteiger partial charge in [-0.1, -0.05) is 0 Å². The summed E-state index contributed by atoms with van der Waals surface area (Å²) in [5, 5.41) is 0. The lowest BCUT2D eigenvalue weighted by atomic mass is 9.78. The number of rotatable bonds is 2. The van der Waals surface area contributed by atoms with Crippen molar-refractivity contribution in [3.63, 3.8) is 0 Å². The van der Waals surface area contributed by atoms with Crippen LogP contribution < -0.4 is 5.73 Å². The number of methoxy groups -OCH3 is 1. The van der Waals surface area contributed by atoms with Gasteiger partial charge in [-0.25, -0.2) is 9.18 Å². The zero-order valence-corrected chi connectivity index (χ0v) is 6.42. The monoisotopic (exact) mass is 161 g/mol. The molecule has 0 aromatic rings. The van der Waals surface area contributed by atoms with Crippen LogP contribution in [0.1, 0.15) is 12.8 Å². The third-order valence-electron chi connectivity index (χ3n) is 2.05. The average molecular weight is 161 g/mol. The van der Waals surface area contributed by atoms with Gasteiger partial charge in [0.1, 0.15) is 0 Å². The van der Waals surface area contributed by atoms with Crippen molar-refractivity contribution < 1.29 is 13.9 Å². The molecule has 1 rings (SSSR count). The first-order chi connectivity index (χ1) is 5.15. The van der Waals surface area contributed by atoms with Crippen LogP contribution in [0.4, 0.5) is 4.39 Å². The molecular weight excluding hydrogens is 149 g/mol. The Kier molecular flexibility index (Phi) is 2.44. The average Bonchev–Trinajstić information content (AvgIpc) is 1.96. The molecule has 0 heterocycles. The van der Waals surface area contributed by atoms with E-state index in [1.807, 2.05) is 0 Å². The molecule has 0 amide bonds. The number of alkyl halides is 1. The zero-order valence-electron chi connectivity index (χ0n) is 6.42. The molecule has 3 nitrogen and oxygen atoms in total. The highest BCUT2D eigenvalue weighted by Gasteiger charge is 2.37. The fourth-order valence-electron chi connectivity index (χ4n) is 1.25. The molecule has 0 aromatic heterocycles. The van der Waals surface area contributed by atoms with E-state index in [1.54, 1.807) is 0 Å². The lowest BCUT2D eigenvalue weighted by molar-refractivity contribution is -0.150. The summed E-state index contributed by atoms with van der Waals surface area (Å²) in [7, 11) is 1.19. The predicted octanol–water partition coefficient (Wildman–Crippen LogP) is 0.235. The van der Waals surface area contributed by atoms with E-state index in [0.29, 0.717) is 12.8 Å². The molecule has 0 aliphatic heterocycles. The van der Waals surface area contributed by atoms with Gasteiger partial charge in [-0.15, -0.1) is 0 Å².